The molecular formula is C24H17N3O. The van der Waals surface area contributed by atoms with Crippen LogP contribution in [0.3, 0.4) is 0 Å². The molecule has 0 unspecified atom stereocenters. The largest absolute Gasteiger partial charge is 0.360 e. The average Bonchev–Trinajstić information content (AvgIpc) is 3.19. The molecule has 3 aromatic carbocycles. The van der Waals surface area contributed by atoms with Crippen LogP contribution in [0.15, 0.2) is 96.1 Å². The summed E-state index contributed by atoms with van der Waals surface area (Å²) in [5.74, 6) is 0. The number of benzene rings is 3. The standard InChI is InChI=1S/C24H17N3O/c28-24-23(20-14-25-21-9-5-4-8-19(20)21)27-22(15-26-24)18-12-10-17(11-13-18)16-6-2-1-3-7-16/h1-15,25H,(H,26,28). The Morgan fingerprint density at radius 2 is 1.32 bits per heavy atom. The van der Waals surface area contributed by atoms with Gasteiger partial charge in [-0.15, -0.1) is 0 Å². The first-order valence-corrected chi connectivity index (χ1v) is 9.12. The van der Waals surface area contributed by atoms with Gasteiger partial charge in [0.2, 0.25) is 0 Å². The molecule has 5 rings (SSSR count). The minimum Gasteiger partial charge on any atom is -0.360 e. The zero-order valence-electron chi connectivity index (χ0n) is 15.0. The van der Waals surface area contributed by atoms with Gasteiger partial charge in [-0.3, -0.25) is 4.79 Å². The highest BCUT2D eigenvalue weighted by atomic mass is 16.1. The number of hydrogen-bond donors (Lipinski definition) is 2. The molecule has 0 radical (unpaired) electrons. The molecule has 0 saturated carbocycles. The average molecular weight is 363 g/mol. The van der Waals surface area contributed by atoms with Crippen molar-refractivity contribution in [2.75, 3.05) is 0 Å². The van der Waals surface area contributed by atoms with Crippen molar-refractivity contribution in [1.82, 2.24) is 15.0 Å². The summed E-state index contributed by atoms with van der Waals surface area (Å²) in [6.45, 7) is 0. The monoisotopic (exact) mass is 363 g/mol. The van der Waals surface area contributed by atoms with Gasteiger partial charge in [0.05, 0.1) is 5.69 Å². The minimum atomic E-state index is -0.200. The first-order valence-electron chi connectivity index (χ1n) is 9.12. The van der Waals surface area contributed by atoms with Crippen LogP contribution >= 0.6 is 0 Å². The molecule has 0 saturated heterocycles. The summed E-state index contributed by atoms with van der Waals surface area (Å²) >= 11 is 0. The maximum Gasteiger partial charge on any atom is 0.274 e. The molecule has 0 aliphatic heterocycles. The molecule has 4 nitrogen and oxygen atoms in total. The zero-order valence-corrected chi connectivity index (χ0v) is 15.0. The molecule has 0 fully saturated rings. The number of para-hydroxylation sites is 1. The predicted molar refractivity (Wildman–Crippen MR) is 113 cm³/mol. The van der Waals surface area contributed by atoms with Gasteiger partial charge < -0.3 is 9.97 Å². The fourth-order valence-electron chi connectivity index (χ4n) is 3.47. The SMILES string of the molecule is O=c1[nH]cc(-c2ccc(-c3ccccc3)cc2)nc1-c1c[nH]c2ccccc12. The summed E-state index contributed by atoms with van der Waals surface area (Å²) in [6, 6.07) is 26.3. The number of rotatable bonds is 3. The van der Waals surface area contributed by atoms with Crippen LogP contribution in [0, 0.1) is 0 Å². The van der Waals surface area contributed by atoms with Crippen molar-refractivity contribution >= 4 is 10.9 Å². The highest BCUT2D eigenvalue weighted by Crippen LogP contribution is 2.27. The van der Waals surface area contributed by atoms with Gasteiger partial charge >= 0.3 is 0 Å². The molecule has 5 aromatic rings. The topological polar surface area (TPSA) is 61.5 Å². The Hall–Kier alpha value is -3.92. The number of aromatic amines is 2. The Morgan fingerprint density at radius 3 is 2.14 bits per heavy atom. The summed E-state index contributed by atoms with van der Waals surface area (Å²) in [7, 11) is 0. The highest BCUT2D eigenvalue weighted by molar-refractivity contribution is 5.94. The molecule has 0 atom stereocenters. The van der Waals surface area contributed by atoms with Crippen LogP contribution in [0.1, 0.15) is 0 Å². The molecule has 0 amide bonds. The van der Waals surface area contributed by atoms with E-state index in [1.165, 1.54) is 5.56 Å². The smallest absolute Gasteiger partial charge is 0.274 e. The van der Waals surface area contributed by atoms with Crippen molar-refractivity contribution in [3.8, 4) is 33.6 Å². The second-order valence-electron chi connectivity index (χ2n) is 6.65. The van der Waals surface area contributed by atoms with Crippen LogP contribution in [0.4, 0.5) is 0 Å². The van der Waals surface area contributed by atoms with Gasteiger partial charge in [-0.1, -0.05) is 72.8 Å². The molecule has 2 N–H and O–H groups in total. The lowest BCUT2D eigenvalue weighted by atomic mass is 10.0. The van der Waals surface area contributed by atoms with Gasteiger partial charge in [0, 0.05) is 34.4 Å². The van der Waals surface area contributed by atoms with Crippen molar-refractivity contribution < 1.29 is 0 Å². The Kier molecular flexibility index (Phi) is 3.87. The number of nitrogens with zero attached hydrogens (tertiary/aromatic N) is 1. The van der Waals surface area contributed by atoms with Crippen molar-refractivity contribution in [2.24, 2.45) is 0 Å². The van der Waals surface area contributed by atoms with E-state index in [-0.39, 0.29) is 5.56 Å². The summed E-state index contributed by atoms with van der Waals surface area (Å²) in [5.41, 5.74) is 6.01. The maximum absolute atomic E-state index is 12.5. The summed E-state index contributed by atoms with van der Waals surface area (Å²) in [4.78, 5) is 23.2. The van der Waals surface area contributed by atoms with E-state index in [0.29, 0.717) is 5.69 Å². The van der Waals surface area contributed by atoms with E-state index in [0.717, 1.165) is 33.3 Å². The van der Waals surface area contributed by atoms with Crippen LogP contribution in [0.5, 0.6) is 0 Å². The highest BCUT2D eigenvalue weighted by Gasteiger charge is 2.12. The second kappa shape index (κ2) is 6.67. The molecule has 4 heteroatoms. The lowest BCUT2D eigenvalue weighted by Gasteiger charge is -2.06. The van der Waals surface area contributed by atoms with Crippen LogP contribution in [-0.4, -0.2) is 15.0 Å². The van der Waals surface area contributed by atoms with Gasteiger partial charge in [-0.05, 0) is 17.2 Å². The van der Waals surface area contributed by atoms with E-state index >= 15 is 0 Å². The normalized spacial score (nSPS) is 11.0. The number of H-pyrrole nitrogens is 2. The number of fused-ring (bicyclic) bond motifs is 1. The summed E-state index contributed by atoms with van der Waals surface area (Å²) < 4.78 is 0. The molecule has 0 aliphatic carbocycles. The van der Waals surface area contributed by atoms with Crippen molar-refractivity contribution in [1.29, 1.82) is 0 Å². The van der Waals surface area contributed by atoms with Gasteiger partial charge in [-0.2, -0.15) is 0 Å². The Bertz CT molecular complexity index is 1320. The minimum absolute atomic E-state index is 0.200. The van der Waals surface area contributed by atoms with Gasteiger partial charge in [0.1, 0.15) is 5.69 Å². The van der Waals surface area contributed by atoms with Crippen molar-refractivity contribution in [3.63, 3.8) is 0 Å². The molecular weight excluding hydrogens is 346 g/mol. The van der Waals surface area contributed by atoms with Crippen molar-refractivity contribution in [3.05, 3.63) is 102 Å². The molecule has 0 bridgehead atoms. The van der Waals surface area contributed by atoms with Crippen LogP contribution in [0.25, 0.3) is 44.5 Å². The third-order valence-corrected chi connectivity index (χ3v) is 4.92. The summed E-state index contributed by atoms with van der Waals surface area (Å²) in [6.07, 6.45) is 3.50. The van der Waals surface area contributed by atoms with Gasteiger partial charge in [-0.25, -0.2) is 4.98 Å². The Balaban J connectivity index is 1.57. The second-order valence-corrected chi connectivity index (χ2v) is 6.65. The molecule has 0 aliphatic rings. The zero-order chi connectivity index (χ0) is 18.9. The van der Waals surface area contributed by atoms with E-state index < -0.39 is 0 Å². The van der Waals surface area contributed by atoms with Gasteiger partial charge in [0.25, 0.3) is 5.56 Å². The quantitative estimate of drug-likeness (QED) is 0.460. The molecule has 0 spiro atoms. The molecule has 134 valence electrons. The fourth-order valence-corrected chi connectivity index (χ4v) is 3.47. The lowest BCUT2D eigenvalue weighted by molar-refractivity contribution is 1.15. The third kappa shape index (κ3) is 2.81. The number of nitrogens with one attached hydrogen (secondary N) is 2. The summed E-state index contributed by atoms with van der Waals surface area (Å²) in [5, 5.41) is 0.983. The van der Waals surface area contributed by atoms with E-state index in [2.05, 4.69) is 39.2 Å². The van der Waals surface area contributed by atoms with Crippen LogP contribution < -0.4 is 5.56 Å². The number of aromatic nitrogens is 3. The Morgan fingerprint density at radius 1 is 0.643 bits per heavy atom. The lowest BCUT2D eigenvalue weighted by Crippen LogP contribution is -2.11. The molecule has 28 heavy (non-hydrogen) atoms. The molecule has 2 heterocycles. The predicted octanol–water partition coefficient (Wildman–Crippen LogP) is 5.25. The Labute approximate surface area is 161 Å². The van der Waals surface area contributed by atoms with Crippen molar-refractivity contribution in [2.45, 2.75) is 0 Å². The van der Waals surface area contributed by atoms with Crippen LogP contribution in [0.2, 0.25) is 0 Å². The van der Waals surface area contributed by atoms with E-state index in [4.69, 9.17) is 0 Å². The van der Waals surface area contributed by atoms with E-state index in [9.17, 15) is 4.79 Å². The van der Waals surface area contributed by atoms with E-state index in [1.54, 1.807) is 6.20 Å². The maximum atomic E-state index is 12.5. The van der Waals surface area contributed by atoms with Crippen LogP contribution in [-0.2, 0) is 0 Å². The van der Waals surface area contributed by atoms with Gasteiger partial charge in [0.15, 0.2) is 0 Å². The third-order valence-electron chi connectivity index (χ3n) is 4.92. The molecule has 2 aromatic heterocycles. The first-order chi connectivity index (χ1) is 13.8. The van der Waals surface area contributed by atoms with E-state index in [1.807, 2.05) is 60.8 Å². The number of hydrogen-bond acceptors (Lipinski definition) is 2. The first kappa shape index (κ1) is 16.3. The fraction of sp³-hybridized carbons (Fsp3) is 0.